The third-order valence-electron chi connectivity index (χ3n) is 9.16. The first-order chi connectivity index (χ1) is 24.0. The summed E-state index contributed by atoms with van der Waals surface area (Å²) in [7, 11) is 1.26. The first kappa shape index (κ1) is 49.0. The first-order valence-corrected chi connectivity index (χ1v) is 22.2. The van der Waals surface area contributed by atoms with Crippen molar-refractivity contribution in [1.29, 1.82) is 0 Å². The number of aliphatic hydroxyl groups is 1. The van der Waals surface area contributed by atoms with Gasteiger partial charge in [-0.3, -0.25) is 9.36 Å². The molecule has 0 aliphatic rings. The molecule has 3 atom stereocenters. The zero-order chi connectivity index (χ0) is 37.2. The molecule has 0 bridgehead atoms. The van der Waals surface area contributed by atoms with E-state index in [0.717, 1.165) is 38.5 Å². The number of quaternary nitrogens is 1. The van der Waals surface area contributed by atoms with Crippen LogP contribution in [0.15, 0.2) is 24.3 Å². The minimum atomic E-state index is -4.58. The predicted molar refractivity (Wildman–Crippen MR) is 210 cm³/mol. The third kappa shape index (κ3) is 35.4. The van der Waals surface area contributed by atoms with Crippen molar-refractivity contribution in [3.05, 3.63) is 24.3 Å². The zero-order valence-corrected chi connectivity index (χ0v) is 34.2. The average Bonchev–Trinajstić information content (AvgIpc) is 3.06. The molecule has 0 aliphatic heterocycles. The molecule has 0 heterocycles. The number of rotatable bonds is 37. The number of unbranched alkanes of at least 4 members (excludes halogenated alkanes) is 22. The van der Waals surface area contributed by atoms with Gasteiger partial charge < -0.3 is 28.8 Å². The van der Waals surface area contributed by atoms with Crippen molar-refractivity contribution in [2.75, 3.05) is 40.9 Å². The van der Waals surface area contributed by atoms with E-state index >= 15 is 0 Å². The van der Waals surface area contributed by atoms with Crippen molar-refractivity contribution in [3.8, 4) is 0 Å². The Morgan fingerprint density at radius 1 is 0.680 bits per heavy atom. The van der Waals surface area contributed by atoms with Gasteiger partial charge >= 0.3 is 0 Å². The van der Waals surface area contributed by atoms with Crippen LogP contribution in [0, 0.1) is 0 Å². The Bertz CT molecular complexity index is 876. The first-order valence-electron chi connectivity index (χ1n) is 20.7. The number of hydrogen-bond donors (Lipinski definition) is 2. The molecular weight excluding hydrogens is 647 g/mol. The van der Waals surface area contributed by atoms with Crippen LogP contribution >= 0.6 is 7.82 Å². The summed E-state index contributed by atoms with van der Waals surface area (Å²) >= 11 is 0. The van der Waals surface area contributed by atoms with Gasteiger partial charge in [-0.05, 0) is 44.9 Å². The average molecular weight is 729 g/mol. The molecule has 1 amide bonds. The Morgan fingerprint density at radius 2 is 1.10 bits per heavy atom. The number of hydrogen-bond acceptors (Lipinski definition) is 6. The Balaban J connectivity index is 4.34. The maximum absolute atomic E-state index is 12.8. The van der Waals surface area contributed by atoms with Crippen molar-refractivity contribution in [2.45, 2.75) is 193 Å². The summed E-state index contributed by atoms with van der Waals surface area (Å²) in [6.07, 6.45) is 38.0. The van der Waals surface area contributed by atoms with E-state index in [1.165, 1.54) is 122 Å². The van der Waals surface area contributed by atoms with Crippen molar-refractivity contribution < 1.29 is 32.9 Å². The predicted octanol–water partition coefficient (Wildman–Crippen LogP) is 10.3. The van der Waals surface area contributed by atoms with Crippen LogP contribution in [-0.2, 0) is 18.4 Å². The lowest BCUT2D eigenvalue weighted by Crippen LogP contribution is -2.45. The molecule has 0 spiro atoms. The molecular formula is C41H81N2O6P. The molecule has 0 rings (SSSR count). The summed E-state index contributed by atoms with van der Waals surface area (Å²) in [5, 5.41) is 13.7. The highest BCUT2D eigenvalue weighted by Crippen LogP contribution is 2.38. The Labute approximate surface area is 309 Å². The monoisotopic (exact) mass is 729 g/mol. The van der Waals surface area contributed by atoms with Crippen molar-refractivity contribution in [2.24, 2.45) is 0 Å². The normalized spacial score (nSPS) is 14.8. The van der Waals surface area contributed by atoms with Crippen LogP contribution in [0.2, 0.25) is 0 Å². The van der Waals surface area contributed by atoms with E-state index in [1.807, 2.05) is 27.2 Å². The molecule has 0 fully saturated rings. The van der Waals surface area contributed by atoms with Crippen LogP contribution in [0.3, 0.4) is 0 Å². The number of phosphoric acid groups is 1. The summed E-state index contributed by atoms with van der Waals surface area (Å²) in [5.41, 5.74) is 0. The van der Waals surface area contributed by atoms with Crippen LogP contribution < -0.4 is 10.2 Å². The second-order valence-electron chi connectivity index (χ2n) is 15.3. The molecule has 296 valence electrons. The highest BCUT2D eigenvalue weighted by atomic mass is 31.2. The van der Waals surface area contributed by atoms with Gasteiger partial charge in [0.15, 0.2) is 0 Å². The van der Waals surface area contributed by atoms with E-state index in [-0.39, 0.29) is 19.1 Å². The van der Waals surface area contributed by atoms with Crippen LogP contribution in [0.5, 0.6) is 0 Å². The van der Waals surface area contributed by atoms with E-state index in [2.05, 4.69) is 31.3 Å². The lowest BCUT2D eigenvalue weighted by Gasteiger charge is -2.29. The van der Waals surface area contributed by atoms with Crippen molar-refractivity contribution >= 4 is 13.7 Å². The van der Waals surface area contributed by atoms with E-state index in [1.54, 1.807) is 6.08 Å². The standard InChI is InChI=1S/C41H81N2O6P/c1-6-8-10-12-14-16-17-18-19-20-21-22-23-24-25-27-29-31-33-35-41(45)42-39(38-49-50(46,47)48-37-36-43(3,4)5)40(44)34-32-30-28-26-15-13-11-9-7-2/h20-21,32,34,39-40,44H,6-19,22-31,33,35-38H2,1-5H3,(H-,42,45,46,47)/b21-20-,34-32+. The second-order valence-corrected chi connectivity index (χ2v) is 16.8. The smallest absolute Gasteiger partial charge is 0.268 e. The van der Waals surface area contributed by atoms with Crippen molar-refractivity contribution in [1.82, 2.24) is 5.32 Å². The fourth-order valence-corrected chi connectivity index (χ4v) is 6.52. The van der Waals surface area contributed by atoms with Crippen LogP contribution in [0.4, 0.5) is 0 Å². The number of nitrogens with zero attached hydrogens (tertiary/aromatic N) is 1. The SMILES string of the molecule is CCCCCCCCC/C=C/C(O)C(COP(=O)([O-])OCC[N+](C)(C)C)NC(=O)CCCCCCCCC/C=C\CCCCCCCCCC. The third-order valence-corrected chi connectivity index (χ3v) is 10.1. The molecule has 9 heteroatoms. The van der Waals surface area contributed by atoms with Gasteiger partial charge in [-0.1, -0.05) is 154 Å². The fraction of sp³-hybridized carbons (Fsp3) is 0.878. The molecule has 0 saturated heterocycles. The van der Waals surface area contributed by atoms with Crippen LogP contribution in [0.1, 0.15) is 181 Å². The number of nitrogens with one attached hydrogen (secondary N) is 1. The summed E-state index contributed by atoms with van der Waals surface area (Å²) < 4.78 is 23.1. The number of carbonyl (C=O) groups excluding carboxylic acids is 1. The molecule has 0 aromatic rings. The lowest BCUT2D eigenvalue weighted by atomic mass is 10.1. The number of aliphatic hydroxyl groups excluding tert-OH is 1. The van der Waals surface area contributed by atoms with Gasteiger partial charge in [0.2, 0.25) is 5.91 Å². The summed E-state index contributed by atoms with van der Waals surface area (Å²) in [6, 6.07) is -0.883. The van der Waals surface area contributed by atoms with E-state index in [0.29, 0.717) is 17.4 Å². The minimum Gasteiger partial charge on any atom is -0.756 e. The molecule has 0 aliphatic carbocycles. The quantitative estimate of drug-likeness (QED) is 0.0285. The highest BCUT2D eigenvalue weighted by molar-refractivity contribution is 7.45. The van der Waals surface area contributed by atoms with Crippen LogP contribution in [0.25, 0.3) is 0 Å². The number of amides is 1. The topological polar surface area (TPSA) is 108 Å². The van der Waals surface area contributed by atoms with Gasteiger partial charge in [-0.25, -0.2) is 0 Å². The molecule has 0 radical (unpaired) electrons. The maximum atomic E-state index is 12.8. The Kier molecular flexibility index (Phi) is 33.1. The maximum Gasteiger partial charge on any atom is 0.268 e. The largest absolute Gasteiger partial charge is 0.756 e. The molecule has 0 aromatic carbocycles. The van der Waals surface area contributed by atoms with Crippen molar-refractivity contribution in [3.63, 3.8) is 0 Å². The highest BCUT2D eigenvalue weighted by Gasteiger charge is 2.23. The second kappa shape index (κ2) is 33.8. The van der Waals surface area contributed by atoms with E-state index in [9.17, 15) is 19.4 Å². The van der Waals surface area contributed by atoms with E-state index in [4.69, 9.17) is 9.05 Å². The van der Waals surface area contributed by atoms with Gasteiger partial charge in [-0.2, -0.15) is 0 Å². The molecule has 3 unspecified atom stereocenters. The number of likely N-dealkylation sites (N-methyl/N-ethyl adjacent to an activating group) is 1. The lowest BCUT2D eigenvalue weighted by molar-refractivity contribution is -0.870. The summed E-state index contributed by atoms with van der Waals surface area (Å²) in [4.78, 5) is 25.2. The van der Waals surface area contributed by atoms with Crippen LogP contribution in [-0.4, -0.2) is 68.5 Å². The molecule has 8 nitrogen and oxygen atoms in total. The molecule has 0 saturated carbocycles. The van der Waals surface area contributed by atoms with Gasteiger partial charge in [0, 0.05) is 6.42 Å². The van der Waals surface area contributed by atoms with Gasteiger partial charge in [0.25, 0.3) is 7.82 Å². The zero-order valence-electron chi connectivity index (χ0n) is 33.4. The summed E-state index contributed by atoms with van der Waals surface area (Å²) in [5.74, 6) is -0.205. The molecule has 0 aromatic heterocycles. The summed E-state index contributed by atoms with van der Waals surface area (Å²) in [6.45, 7) is 4.60. The number of allylic oxidation sites excluding steroid dienone is 3. The molecule has 2 N–H and O–H groups in total. The van der Waals surface area contributed by atoms with Gasteiger partial charge in [0.1, 0.15) is 13.2 Å². The van der Waals surface area contributed by atoms with Gasteiger partial charge in [0.05, 0.1) is 39.9 Å². The minimum absolute atomic E-state index is 0.00134. The Hall–Kier alpha value is -1.02. The fourth-order valence-electron chi connectivity index (χ4n) is 5.79. The number of carbonyl (C=O) groups is 1. The number of phosphoric ester groups is 1. The van der Waals surface area contributed by atoms with E-state index < -0.39 is 20.0 Å². The van der Waals surface area contributed by atoms with Gasteiger partial charge in [-0.15, -0.1) is 0 Å². The molecule has 50 heavy (non-hydrogen) atoms. The Morgan fingerprint density at radius 3 is 1.56 bits per heavy atom.